The van der Waals surface area contributed by atoms with Crippen molar-refractivity contribution < 1.29 is 14.3 Å². The van der Waals surface area contributed by atoms with Crippen LogP contribution in [0.1, 0.15) is 39.0 Å². The minimum absolute atomic E-state index is 0.0263. The second-order valence-electron chi connectivity index (χ2n) is 6.95. The maximum absolute atomic E-state index is 12.6. The molecule has 0 unspecified atom stereocenters. The molecule has 0 spiro atoms. The number of anilines is 2. The minimum Gasteiger partial charge on any atom is -0.495 e. The van der Waals surface area contributed by atoms with E-state index >= 15 is 0 Å². The molecule has 6 heteroatoms. The summed E-state index contributed by atoms with van der Waals surface area (Å²) in [5.41, 5.74) is 1.45. The van der Waals surface area contributed by atoms with Gasteiger partial charge in [-0.15, -0.1) is 0 Å². The molecule has 2 atom stereocenters. The van der Waals surface area contributed by atoms with Gasteiger partial charge in [0.15, 0.2) is 0 Å². The van der Waals surface area contributed by atoms with E-state index < -0.39 is 0 Å². The summed E-state index contributed by atoms with van der Waals surface area (Å²) >= 11 is 0. The van der Waals surface area contributed by atoms with Crippen molar-refractivity contribution in [2.45, 2.75) is 45.1 Å². The van der Waals surface area contributed by atoms with Crippen molar-refractivity contribution in [1.29, 1.82) is 0 Å². The Bertz CT molecular complexity index is 647. The average molecular weight is 345 g/mol. The Kier molecular flexibility index (Phi) is 5.58. The van der Waals surface area contributed by atoms with Crippen molar-refractivity contribution in [3.63, 3.8) is 0 Å². The van der Waals surface area contributed by atoms with Gasteiger partial charge in [0.2, 0.25) is 11.8 Å². The molecule has 2 aliphatic heterocycles. The molecule has 0 aromatic heterocycles. The molecule has 0 bridgehead atoms. The zero-order chi connectivity index (χ0) is 17.8. The first-order chi connectivity index (χ1) is 12.1. The Hall–Kier alpha value is -2.08. The molecule has 0 radical (unpaired) electrons. The normalized spacial score (nSPS) is 24.1. The van der Waals surface area contributed by atoms with E-state index in [-0.39, 0.29) is 17.7 Å². The molecule has 0 saturated carbocycles. The predicted octanol–water partition coefficient (Wildman–Crippen LogP) is 2.54. The van der Waals surface area contributed by atoms with E-state index in [0.717, 1.165) is 37.9 Å². The van der Waals surface area contributed by atoms with Crippen LogP contribution in [-0.4, -0.2) is 38.1 Å². The average Bonchev–Trinajstić information content (AvgIpc) is 2.62. The summed E-state index contributed by atoms with van der Waals surface area (Å²) in [7, 11) is 1.60. The number of methoxy groups -OCH3 is 1. The fraction of sp³-hybridized carbons (Fsp3) is 0.579. The van der Waals surface area contributed by atoms with Gasteiger partial charge in [-0.3, -0.25) is 9.59 Å². The van der Waals surface area contributed by atoms with Crippen molar-refractivity contribution >= 4 is 23.2 Å². The summed E-state index contributed by atoms with van der Waals surface area (Å²) < 4.78 is 5.42. The van der Waals surface area contributed by atoms with Crippen molar-refractivity contribution in [1.82, 2.24) is 5.32 Å². The molecule has 2 saturated heterocycles. The third kappa shape index (κ3) is 4.12. The molecular formula is C19H27N3O3. The number of benzene rings is 1. The highest BCUT2D eigenvalue weighted by Crippen LogP contribution is 2.34. The lowest BCUT2D eigenvalue weighted by molar-refractivity contribution is -0.121. The van der Waals surface area contributed by atoms with Gasteiger partial charge in [0, 0.05) is 30.6 Å². The molecule has 1 aromatic rings. The van der Waals surface area contributed by atoms with Crippen molar-refractivity contribution in [2.75, 3.05) is 30.4 Å². The van der Waals surface area contributed by atoms with Crippen molar-refractivity contribution in [3.05, 3.63) is 18.2 Å². The van der Waals surface area contributed by atoms with Gasteiger partial charge in [-0.25, -0.2) is 0 Å². The second kappa shape index (κ2) is 7.87. The standard InChI is InChI=1S/C19H27N3O3/c1-13-11-14(8-9-20-13)19(24)21-15-6-7-17(25-2)16(12-15)22-10-4-3-5-18(22)23/h6-7,12-14,20H,3-5,8-11H2,1-2H3,(H,21,24)/t13-,14-/m0/s1. The number of carbonyl (C=O) groups excluding carboxylic acids is 2. The Labute approximate surface area is 148 Å². The number of ether oxygens (including phenoxy) is 1. The highest BCUT2D eigenvalue weighted by molar-refractivity contribution is 5.98. The summed E-state index contributed by atoms with van der Waals surface area (Å²) in [4.78, 5) is 26.6. The molecular weight excluding hydrogens is 318 g/mol. The van der Waals surface area contributed by atoms with Gasteiger partial charge in [-0.1, -0.05) is 0 Å². The van der Waals surface area contributed by atoms with Crippen LogP contribution in [0.2, 0.25) is 0 Å². The van der Waals surface area contributed by atoms with E-state index in [9.17, 15) is 9.59 Å². The van der Waals surface area contributed by atoms with E-state index in [2.05, 4.69) is 17.6 Å². The van der Waals surface area contributed by atoms with Gasteiger partial charge in [0.05, 0.1) is 12.8 Å². The lowest BCUT2D eigenvalue weighted by atomic mass is 9.92. The smallest absolute Gasteiger partial charge is 0.227 e. The van der Waals surface area contributed by atoms with Crippen molar-refractivity contribution in [2.24, 2.45) is 5.92 Å². The van der Waals surface area contributed by atoms with E-state index in [1.165, 1.54) is 0 Å². The number of hydrogen-bond donors (Lipinski definition) is 2. The van der Waals surface area contributed by atoms with Crippen LogP contribution in [0, 0.1) is 5.92 Å². The molecule has 2 aliphatic rings. The molecule has 25 heavy (non-hydrogen) atoms. The molecule has 6 nitrogen and oxygen atoms in total. The monoisotopic (exact) mass is 345 g/mol. The molecule has 3 rings (SSSR count). The Morgan fingerprint density at radius 3 is 2.92 bits per heavy atom. The van der Waals surface area contributed by atoms with Gasteiger partial charge in [-0.2, -0.15) is 0 Å². The van der Waals surface area contributed by atoms with E-state index in [1.54, 1.807) is 12.0 Å². The molecule has 1 aromatic carbocycles. The molecule has 0 aliphatic carbocycles. The van der Waals surface area contributed by atoms with Crippen molar-refractivity contribution in [3.8, 4) is 5.75 Å². The lowest BCUT2D eigenvalue weighted by Gasteiger charge is -2.29. The first kappa shape index (κ1) is 17.7. The first-order valence-electron chi connectivity index (χ1n) is 9.11. The predicted molar refractivity (Wildman–Crippen MR) is 98.0 cm³/mol. The van der Waals surface area contributed by atoms with E-state index in [1.807, 2.05) is 18.2 Å². The Morgan fingerprint density at radius 1 is 1.36 bits per heavy atom. The maximum atomic E-state index is 12.6. The third-order valence-corrected chi connectivity index (χ3v) is 5.06. The summed E-state index contributed by atoms with van der Waals surface area (Å²) in [6.07, 6.45) is 4.18. The summed E-state index contributed by atoms with van der Waals surface area (Å²) in [5.74, 6) is 0.844. The van der Waals surface area contributed by atoms with Crippen LogP contribution in [-0.2, 0) is 9.59 Å². The number of hydrogen-bond acceptors (Lipinski definition) is 4. The molecule has 136 valence electrons. The second-order valence-corrected chi connectivity index (χ2v) is 6.95. The summed E-state index contributed by atoms with van der Waals surface area (Å²) in [6.45, 7) is 3.67. The topological polar surface area (TPSA) is 70.7 Å². The van der Waals surface area contributed by atoms with Crippen LogP contribution >= 0.6 is 0 Å². The Morgan fingerprint density at radius 2 is 2.20 bits per heavy atom. The molecule has 2 heterocycles. The fourth-order valence-electron chi connectivity index (χ4n) is 3.65. The van der Waals surface area contributed by atoms with Gasteiger partial charge >= 0.3 is 0 Å². The van der Waals surface area contributed by atoms with Crippen LogP contribution in [0.4, 0.5) is 11.4 Å². The summed E-state index contributed by atoms with van der Waals surface area (Å²) in [6, 6.07) is 5.86. The first-order valence-corrected chi connectivity index (χ1v) is 9.11. The molecule has 2 N–H and O–H groups in total. The minimum atomic E-state index is 0.0263. The van der Waals surface area contributed by atoms with Crippen LogP contribution in [0.25, 0.3) is 0 Å². The van der Waals surface area contributed by atoms with Crippen LogP contribution in [0.3, 0.4) is 0 Å². The largest absolute Gasteiger partial charge is 0.495 e. The van der Waals surface area contributed by atoms with Gasteiger partial charge in [0.1, 0.15) is 5.75 Å². The fourth-order valence-corrected chi connectivity index (χ4v) is 3.65. The molecule has 2 amide bonds. The van der Waals surface area contributed by atoms with E-state index in [4.69, 9.17) is 4.74 Å². The maximum Gasteiger partial charge on any atom is 0.227 e. The number of rotatable bonds is 4. The zero-order valence-corrected chi connectivity index (χ0v) is 15.0. The SMILES string of the molecule is COc1ccc(NC(=O)[C@H]2CCN[C@@H](C)C2)cc1N1CCCCC1=O. The van der Waals surface area contributed by atoms with E-state index in [0.29, 0.717) is 30.4 Å². The number of carbonyl (C=O) groups is 2. The quantitative estimate of drug-likeness (QED) is 0.880. The van der Waals surface area contributed by atoms with Crippen LogP contribution < -0.4 is 20.3 Å². The van der Waals surface area contributed by atoms with Gasteiger partial charge in [-0.05, 0) is 57.4 Å². The van der Waals surface area contributed by atoms with Gasteiger partial charge in [0.25, 0.3) is 0 Å². The van der Waals surface area contributed by atoms with Crippen LogP contribution in [0.5, 0.6) is 5.75 Å². The number of amides is 2. The zero-order valence-electron chi connectivity index (χ0n) is 15.0. The Balaban J connectivity index is 1.77. The summed E-state index contributed by atoms with van der Waals surface area (Å²) in [5, 5.41) is 6.38. The number of nitrogens with zero attached hydrogens (tertiary/aromatic N) is 1. The van der Waals surface area contributed by atoms with Crippen LogP contribution in [0.15, 0.2) is 18.2 Å². The van der Waals surface area contributed by atoms with Gasteiger partial charge < -0.3 is 20.3 Å². The molecule has 2 fully saturated rings. The lowest BCUT2D eigenvalue weighted by Crippen LogP contribution is -2.40. The third-order valence-electron chi connectivity index (χ3n) is 5.06. The highest BCUT2D eigenvalue weighted by atomic mass is 16.5. The number of piperidine rings is 2. The highest BCUT2D eigenvalue weighted by Gasteiger charge is 2.26. The number of nitrogens with one attached hydrogen (secondary N) is 2.